The summed E-state index contributed by atoms with van der Waals surface area (Å²) in [5.41, 5.74) is 2.20. The SMILES string of the molecule is COc1ccccc1-n1[nH]c(C2CC2)cc1=S. The van der Waals surface area contributed by atoms with Crippen LogP contribution in [0.25, 0.3) is 5.69 Å². The highest BCUT2D eigenvalue weighted by Gasteiger charge is 2.25. The zero-order valence-corrected chi connectivity index (χ0v) is 10.5. The van der Waals surface area contributed by atoms with E-state index < -0.39 is 0 Å². The lowest BCUT2D eigenvalue weighted by Gasteiger charge is -2.08. The molecule has 0 bridgehead atoms. The molecule has 1 fully saturated rings. The van der Waals surface area contributed by atoms with Crippen LogP contribution in [0.5, 0.6) is 5.75 Å². The Kier molecular flexibility index (Phi) is 2.52. The first kappa shape index (κ1) is 10.6. The standard InChI is InChI=1S/C13H14N2OS/c1-16-12-5-3-2-4-11(12)15-13(17)8-10(14-15)9-6-7-9/h2-5,8-9,14H,6-7H2,1H3. The van der Waals surface area contributed by atoms with Crippen LogP contribution in [0.4, 0.5) is 0 Å². The number of methoxy groups -OCH3 is 1. The van der Waals surface area contributed by atoms with Crippen molar-refractivity contribution >= 4 is 12.2 Å². The van der Waals surface area contributed by atoms with Crippen molar-refractivity contribution in [2.24, 2.45) is 0 Å². The molecule has 1 aromatic heterocycles. The Morgan fingerprint density at radius 1 is 1.35 bits per heavy atom. The maximum Gasteiger partial charge on any atom is 0.144 e. The third-order valence-corrected chi connectivity index (χ3v) is 3.38. The molecule has 0 amide bonds. The molecular weight excluding hydrogens is 232 g/mol. The van der Waals surface area contributed by atoms with Crippen molar-refractivity contribution in [1.82, 2.24) is 9.78 Å². The van der Waals surface area contributed by atoms with E-state index in [0.717, 1.165) is 16.1 Å². The number of hydrogen-bond acceptors (Lipinski definition) is 2. The topological polar surface area (TPSA) is 29.9 Å². The van der Waals surface area contributed by atoms with Gasteiger partial charge in [0.25, 0.3) is 0 Å². The molecule has 0 saturated heterocycles. The molecular formula is C13H14N2OS. The maximum atomic E-state index is 5.39. The summed E-state index contributed by atoms with van der Waals surface area (Å²) in [6, 6.07) is 9.93. The summed E-state index contributed by atoms with van der Waals surface area (Å²) in [6.45, 7) is 0. The summed E-state index contributed by atoms with van der Waals surface area (Å²) < 4.78 is 8.07. The lowest BCUT2D eigenvalue weighted by Crippen LogP contribution is -2.00. The van der Waals surface area contributed by atoms with E-state index in [0.29, 0.717) is 5.92 Å². The molecule has 1 saturated carbocycles. The fraction of sp³-hybridized carbons (Fsp3) is 0.308. The fourth-order valence-corrected chi connectivity index (χ4v) is 2.28. The minimum Gasteiger partial charge on any atom is -0.494 e. The number of ether oxygens (including phenoxy) is 1. The molecule has 2 aromatic rings. The number of aromatic amines is 1. The van der Waals surface area contributed by atoms with E-state index in [2.05, 4.69) is 11.2 Å². The Bertz CT molecular complexity index is 595. The zero-order chi connectivity index (χ0) is 11.8. The van der Waals surface area contributed by atoms with Crippen molar-refractivity contribution in [2.75, 3.05) is 7.11 Å². The molecule has 88 valence electrons. The molecule has 1 aliphatic carbocycles. The summed E-state index contributed by atoms with van der Waals surface area (Å²) in [5, 5.41) is 3.37. The van der Waals surface area contributed by atoms with Gasteiger partial charge in [-0.05, 0) is 31.0 Å². The monoisotopic (exact) mass is 246 g/mol. The second-order valence-electron chi connectivity index (χ2n) is 4.33. The fourth-order valence-electron chi connectivity index (χ4n) is 2.01. The van der Waals surface area contributed by atoms with Gasteiger partial charge in [-0.1, -0.05) is 24.4 Å². The van der Waals surface area contributed by atoms with Gasteiger partial charge in [0.05, 0.1) is 7.11 Å². The third kappa shape index (κ3) is 1.89. The Balaban J connectivity index is 2.11. The van der Waals surface area contributed by atoms with Gasteiger partial charge in [-0.3, -0.25) is 5.10 Å². The van der Waals surface area contributed by atoms with Gasteiger partial charge in [0.2, 0.25) is 0 Å². The van der Waals surface area contributed by atoms with Gasteiger partial charge in [0.15, 0.2) is 0 Å². The second kappa shape index (κ2) is 4.04. The largest absolute Gasteiger partial charge is 0.494 e. The molecule has 0 aliphatic heterocycles. The molecule has 0 atom stereocenters. The maximum absolute atomic E-state index is 5.39. The van der Waals surface area contributed by atoms with Crippen molar-refractivity contribution < 1.29 is 4.74 Å². The predicted octanol–water partition coefficient (Wildman–Crippen LogP) is 3.42. The highest BCUT2D eigenvalue weighted by atomic mass is 32.1. The molecule has 1 aromatic carbocycles. The number of hydrogen-bond donors (Lipinski definition) is 1. The van der Waals surface area contributed by atoms with Gasteiger partial charge in [0.1, 0.15) is 16.1 Å². The van der Waals surface area contributed by atoms with Crippen LogP contribution in [-0.4, -0.2) is 16.9 Å². The van der Waals surface area contributed by atoms with Crippen molar-refractivity contribution in [1.29, 1.82) is 0 Å². The zero-order valence-electron chi connectivity index (χ0n) is 9.64. The van der Waals surface area contributed by atoms with Crippen LogP contribution in [0, 0.1) is 4.64 Å². The normalized spacial score (nSPS) is 14.9. The lowest BCUT2D eigenvalue weighted by molar-refractivity contribution is 0.411. The molecule has 0 radical (unpaired) electrons. The minimum atomic E-state index is 0.674. The molecule has 3 rings (SSSR count). The van der Waals surface area contributed by atoms with E-state index in [1.807, 2.05) is 28.9 Å². The first-order valence-corrected chi connectivity index (χ1v) is 6.16. The average molecular weight is 246 g/mol. The van der Waals surface area contributed by atoms with E-state index in [9.17, 15) is 0 Å². The quantitative estimate of drug-likeness (QED) is 0.841. The van der Waals surface area contributed by atoms with E-state index in [4.69, 9.17) is 17.0 Å². The van der Waals surface area contributed by atoms with Gasteiger partial charge in [-0.25, -0.2) is 4.68 Å². The second-order valence-corrected chi connectivity index (χ2v) is 4.75. The van der Waals surface area contributed by atoms with Crippen LogP contribution in [0.15, 0.2) is 30.3 Å². The van der Waals surface area contributed by atoms with Crippen molar-refractivity contribution in [3.63, 3.8) is 0 Å². The van der Waals surface area contributed by atoms with Gasteiger partial charge >= 0.3 is 0 Å². The number of nitrogens with one attached hydrogen (secondary N) is 1. The summed E-state index contributed by atoms with van der Waals surface area (Å²) >= 11 is 5.39. The Morgan fingerprint density at radius 3 is 2.82 bits per heavy atom. The first-order valence-electron chi connectivity index (χ1n) is 5.75. The summed E-state index contributed by atoms with van der Waals surface area (Å²) in [7, 11) is 1.67. The molecule has 1 N–H and O–H groups in total. The van der Waals surface area contributed by atoms with Crippen LogP contribution in [0.1, 0.15) is 24.5 Å². The molecule has 1 aliphatic rings. The Morgan fingerprint density at radius 2 is 2.12 bits per heavy atom. The summed E-state index contributed by atoms with van der Waals surface area (Å²) in [6.07, 6.45) is 2.53. The smallest absolute Gasteiger partial charge is 0.144 e. The van der Waals surface area contributed by atoms with Crippen molar-refractivity contribution in [3.8, 4) is 11.4 Å². The third-order valence-electron chi connectivity index (χ3n) is 3.08. The number of H-pyrrole nitrogens is 1. The van der Waals surface area contributed by atoms with Gasteiger partial charge in [-0.2, -0.15) is 0 Å². The number of nitrogens with zero attached hydrogens (tertiary/aromatic N) is 1. The van der Waals surface area contributed by atoms with E-state index in [1.54, 1.807) is 7.11 Å². The van der Waals surface area contributed by atoms with Crippen molar-refractivity contribution in [2.45, 2.75) is 18.8 Å². The van der Waals surface area contributed by atoms with Crippen LogP contribution in [0.2, 0.25) is 0 Å². The van der Waals surface area contributed by atoms with Crippen LogP contribution < -0.4 is 4.74 Å². The molecule has 4 heteroatoms. The van der Waals surface area contributed by atoms with E-state index in [-0.39, 0.29) is 0 Å². The van der Waals surface area contributed by atoms with E-state index in [1.165, 1.54) is 18.5 Å². The number of aromatic nitrogens is 2. The predicted molar refractivity (Wildman–Crippen MR) is 69.5 cm³/mol. The van der Waals surface area contributed by atoms with Crippen molar-refractivity contribution in [3.05, 3.63) is 40.7 Å². The first-order chi connectivity index (χ1) is 8.29. The number of rotatable bonds is 3. The van der Waals surface area contributed by atoms with E-state index >= 15 is 0 Å². The Labute approximate surface area is 105 Å². The molecule has 0 spiro atoms. The molecule has 1 heterocycles. The highest BCUT2D eigenvalue weighted by molar-refractivity contribution is 7.71. The molecule has 0 unspecified atom stereocenters. The summed E-state index contributed by atoms with van der Waals surface area (Å²) in [4.78, 5) is 0. The lowest BCUT2D eigenvalue weighted by atomic mass is 10.3. The van der Waals surface area contributed by atoms with Crippen LogP contribution in [0.3, 0.4) is 0 Å². The highest BCUT2D eigenvalue weighted by Crippen LogP contribution is 2.39. The van der Waals surface area contributed by atoms with Gasteiger partial charge < -0.3 is 4.74 Å². The minimum absolute atomic E-state index is 0.674. The molecule has 3 nitrogen and oxygen atoms in total. The average Bonchev–Trinajstić information content (AvgIpc) is 3.13. The van der Waals surface area contributed by atoms with Crippen LogP contribution in [-0.2, 0) is 0 Å². The van der Waals surface area contributed by atoms with Gasteiger partial charge in [-0.15, -0.1) is 0 Å². The molecule has 17 heavy (non-hydrogen) atoms. The summed E-state index contributed by atoms with van der Waals surface area (Å²) in [5.74, 6) is 1.50. The Hall–Kier alpha value is -1.55. The van der Waals surface area contributed by atoms with Crippen LogP contribution >= 0.6 is 12.2 Å². The van der Waals surface area contributed by atoms with Gasteiger partial charge in [0, 0.05) is 11.6 Å². The number of para-hydroxylation sites is 2. The number of benzene rings is 1.